The number of alkyl halides is 3. The highest BCUT2D eigenvalue weighted by molar-refractivity contribution is 5.88. The van der Waals surface area contributed by atoms with Crippen LogP contribution in [0, 0.1) is 0 Å². The number of hydrogen-bond acceptors (Lipinski definition) is 8. The van der Waals surface area contributed by atoms with Gasteiger partial charge >= 0.3 is 12.1 Å². The lowest BCUT2D eigenvalue weighted by atomic mass is 9.97. The number of pyridine rings is 1. The molecule has 5 rings (SSSR count). The number of fused-ring (bicyclic) bond motifs is 1. The maximum atomic E-state index is 13.9. The highest BCUT2D eigenvalue weighted by atomic mass is 19.4. The van der Waals surface area contributed by atoms with Gasteiger partial charge in [-0.2, -0.15) is 13.2 Å². The van der Waals surface area contributed by atoms with Crippen LogP contribution >= 0.6 is 0 Å². The van der Waals surface area contributed by atoms with Crippen molar-refractivity contribution in [3.8, 4) is 11.5 Å². The van der Waals surface area contributed by atoms with E-state index in [2.05, 4.69) is 10.1 Å². The normalized spacial score (nSPS) is 14.6. The lowest BCUT2D eigenvalue weighted by Crippen LogP contribution is -2.39. The molecule has 4 aromatic rings. The van der Waals surface area contributed by atoms with E-state index < -0.39 is 30.0 Å². The van der Waals surface area contributed by atoms with Crippen molar-refractivity contribution >= 4 is 22.8 Å². The van der Waals surface area contributed by atoms with Crippen LogP contribution in [0.4, 0.5) is 13.2 Å². The number of aryl methyl sites for hydroxylation is 2. The fraction of sp³-hybridized carbons (Fsp3) is 0.429. The van der Waals surface area contributed by atoms with Crippen molar-refractivity contribution in [1.29, 1.82) is 0 Å². The van der Waals surface area contributed by atoms with Gasteiger partial charge in [0, 0.05) is 30.4 Å². The molecule has 2 atom stereocenters. The molecule has 1 aliphatic heterocycles. The van der Waals surface area contributed by atoms with Crippen LogP contribution in [0.3, 0.4) is 0 Å². The van der Waals surface area contributed by atoms with Crippen LogP contribution < -0.4 is 9.47 Å². The summed E-state index contributed by atoms with van der Waals surface area (Å²) in [7, 11) is 0. The zero-order valence-corrected chi connectivity index (χ0v) is 26.6. The highest BCUT2D eigenvalue weighted by Gasteiger charge is 2.39. The topological polar surface area (TPSA) is 104 Å². The van der Waals surface area contributed by atoms with Gasteiger partial charge in [0.1, 0.15) is 18.1 Å². The fourth-order valence-electron chi connectivity index (χ4n) is 5.70. The summed E-state index contributed by atoms with van der Waals surface area (Å²) in [5.74, 6) is -0.355. The Balaban J connectivity index is 1.51. The van der Waals surface area contributed by atoms with E-state index in [1.165, 1.54) is 13.0 Å². The van der Waals surface area contributed by atoms with Crippen molar-refractivity contribution in [2.75, 3.05) is 13.1 Å². The molecule has 0 radical (unpaired) electrons. The van der Waals surface area contributed by atoms with Gasteiger partial charge < -0.3 is 23.6 Å². The molecular formula is C35H38F3N3O6. The lowest BCUT2D eigenvalue weighted by molar-refractivity contribution is -0.164. The molecule has 1 amide bonds. The van der Waals surface area contributed by atoms with Crippen LogP contribution in [-0.4, -0.2) is 46.1 Å². The van der Waals surface area contributed by atoms with Crippen molar-refractivity contribution in [1.82, 2.24) is 15.0 Å². The van der Waals surface area contributed by atoms with E-state index in [-0.39, 0.29) is 29.2 Å². The third-order valence-electron chi connectivity index (χ3n) is 7.98. The minimum absolute atomic E-state index is 0.0444. The van der Waals surface area contributed by atoms with Gasteiger partial charge in [-0.05, 0) is 68.5 Å². The molecule has 12 heteroatoms. The molecule has 0 aliphatic carbocycles. The Labute approximate surface area is 271 Å². The van der Waals surface area contributed by atoms with Crippen molar-refractivity contribution < 1.29 is 41.5 Å². The Morgan fingerprint density at radius 2 is 1.74 bits per heavy atom. The third-order valence-corrected chi connectivity index (χ3v) is 7.98. The number of rotatable bonds is 13. The molecule has 2 aromatic carbocycles. The van der Waals surface area contributed by atoms with Gasteiger partial charge in [0.05, 0.1) is 11.1 Å². The van der Waals surface area contributed by atoms with E-state index in [9.17, 15) is 22.8 Å². The SMILES string of the molecule is CCCc1cc2c(C(F)(F)F)noc2c(CCC)c1OC(C(=O)O[C@H](C)C(=O)N1CCCC1)c1ccc(OCc2ccccn2)cc1. The van der Waals surface area contributed by atoms with Crippen molar-refractivity contribution in [2.24, 2.45) is 0 Å². The van der Waals surface area contributed by atoms with E-state index in [1.54, 1.807) is 35.4 Å². The minimum Gasteiger partial charge on any atom is -0.487 e. The summed E-state index contributed by atoms with van der Waals surface area (Å²) < 4.78 is 64.9. The summed E-state index contributed by atoms with van der Waals surface area (Å²) in [5.41, 5.74) is 0.843. The Kier molecular flexibility index (Phi) is 10.7. The number of carbonyl (C=O) groups excluding carboxylic acids is 2. The number of benzene rings is 2. The Hall–Kier alpha value is -4.61. The Bertz CT molecular complexity index is 1670. The number of hydrogen-bond donors (Lipinski definition) is 0. The van der Waals surface area contributed by atoms with Crippen LogP contribution in [0.1, 0.15) is 80.6 Å². The second-order valence-corrected chi connectivity index (χ2v) is 11.5. The Morgan fingerprint density at radius 1 is 1.02 bits per heavy atom. The van der Waals surface area contributed by atoms with Gasteiger partial charge in [0.15, 0.2) is 17.4 Å². The van der Waals surface area contributed by atoms with E-state index in [1.807, 2.05) is 32.0 Å². The summed E-state index contributed by atoms with van der Waals surface area (Å²) in [6.07, 6.45) is -1.87. The minimum atomic E-state index is -4.72. The number of halogens is 3. The van der Waals surface area contributed by atoms with Gasteiger partial charge in [0.25, 0.3) is 5.91 Å². The number of nitrogens with zero attached hydrogens (tertiary/aromatic N) is 3. The highest BCUT2D eigenvalue weighted by Crippen LogP contribution is 2.42. The largest absolute Gasteiger partial charge is 0.487 e. The van der Waals surface area contributed by atoms with Crippen LogP contribution in [-0.2, 0) is 40.0 Å². The molecular weight excluding hydrogens is 615 g/mol. The number of esters is 1. The molecule has 1 fully saturated rings. The van der Waals surface area contributed by atoms with Gasteiger partial charge in [0.2, 0.25) is 6.10 Å². The second-order valence-electron chi connectivity index (χ2n) is 11.5. The zero-order valence-electron chi connectivity index (χ0n) is 26.6. The lowest BCUT2D eigenvalue weighted by Gasteiger charge is -2.25. The number of likely N-dealkylation sites (tertiary alicyclic amines) is 1. The van der Waals surface area contributed by atoms with Gasteiger partial charge in [-0.15, -0.1) is 0 Å². The van der Waals surface area contributed by atoms with E-state index in [4.69, 9.17) is 18.7 Å². The van der Waals surface area contributed by atoms with Crippen LogP contribution in [0.25, 0.3) is 11.0 Å². The maximum absolute atomic E-state index is 13.9. The molecule has 3 heterocycles. The molecule has 0 saturated carbocycles. The summed E-state index contributed by atoms with van der Waals surface area (Å²) in [6, 6.07) is 13.5. The zero-order chi connectivity index (χ0) is 33.6. The van der Waals surface area contributed by atoms with E-state index in [0.717, 1.165) is 18.5 Å². The van der Waals surface area contributed by atoms with Crippen LogP contribution in [0.5, 0.6) is 11.5 Å². The van der Waals surface area contributed by atoms with Gasteiger partial charge in [-0.1, -0.05) is 50.0 Å². The molecule has 0 bridgehead atoms. The van der Waals surface area contributed by atoms with Gasteiger partial charge in [-0.25, -0.2) is 4.79 Å². The average Bonchev–Trinajstić information content (AvgIpc) is 3.75. The van der Waals surface area contributed by atoms with Crippen LogP contribution in [0.15, 0.2) is 59.3 Å². The molecule has 1 saturated heterocycles. The van der Waals surface area contributed by atoms with E-state index >= 15 is 0 Å². The summed E-state index contributed by atoms with van der Waals surface area (Å²) in [4.78, 5) is 32.8. The number of aromatic nitrogens is 2. The maximum Gasteiger partial charge on any atom is 0.437 e. The molecule has 0 N–H and O–H groups in total. The number of carbonyl (C=O) groups is 2. The summed E-state index contributed by atoms with van der Waals surface area (Å²) >= 11 is 0. The number of amides is 1. The van der Waals surface area contributed by atoms with Crippen molar-refractivity contribution in [3.63, 3.8) is 0 Å². The molecule has 9 nitrogen and oxygen atoms in total. The quantitative estimate of drug-likeness (QED) is 0.138. The summed E-state index contributed by atoms with van der Waals surface area (Å²) in [6.45, 7) is 6.72. The first-order valence-electron chi connectivity index (χ1n) is 15.9. The monoisotopic (exact) mass is 653 g/mol. The van der Waals surface area contributed by atoms with Crippen molar-refractivity contribution in [2.45, 2.75) is 84.3 Å². The third kappa shape index (κ3) is 7.86. The van der Waals surface area contributed by atoms with E-state index in [0.29, 0.717) is 61.2 Å². The van der Waals surface area contributed by atoms with Crippen molar-refractivity contribution in [3.05, 3.63) is 82.8 Å². The first-order chi connectivity index (χ1) is 22.6. The fourth-order valence-corrected chi connectivity index (χ4v) is 5.70. The molecule has 250 valence electrons. The average molecular weight is 654 g/mol. The Morgan fingerprint density at radius 3 is 2.38 bits per heavy atom. The standard InChI is InChI=1S/C35H38F3N3O6/c1-4-10-24-20-28-31(47-40-32(28)35(36,37)38)27(11-5-2)29(24)46-30(34(43)45-22(3)33(42)41-18-8-9-19-41)23-13-15-26(16-14-23)44-21-25-12-6-7-17-39-25/h6-7,12-17,20,22,30H,4-5,8-11,18-19,21H2,1-3H3/t22-,30?/m1/s1. The first kappa shape index (κ1) is 33.7. The molecule has 47 heavy (non-hydrogen) atoms. The predicted molar refractivity (Wildman–Crippen MR) is 167 cm³/mol. The molecule has 2 aromatic heterocycles. The predicted octanol–water partition coefficient (Wildman–Crippen LogP) is 7.40. The molecule has 1 aliphatic rings. The molecule has 1 unspecified atom stereocenters. The second kappa shape index (κ2) is 14.9. The molecule has 0 spiro atoms. The summed E-state index contributed by atoms with van der Waals surface area (Å²) in [5, 5.41) is 3.20. The van der Waals surface area contributed by atoms with Gasteiger partial charge in [-0.3, -0.25) is 9.78 Å². The smallest absolute Gasteiger partial charge is 0.437 e. The number of ether oxygens (including phenoxy) is 3. The van der Waals surface area contributed by atoms with Crippen LogP contribution in [0.2, 0.25) is 0 Å². The first-order valence-corrected chi connectivity index (χ1v) is 15.9.